The molecule has 0 fully saturated rings. The maximum absolute atomic E-state index is 11.4. The normalized spacial score (nSPS) is 10.8. The van der Waals surface area contributed by atoms with E-state index in [4.69, 9.17) is 14.7 Å². The van der Waals surface area contributed by atoms with Crippen LogP contribution in [-0.2, 0) is 4.79 Å². The zero-order valence-corrected chi connectivity index (χ0v) is 19.7. The van der Waals surface area contributed by atoms with E-state index in [0.29, 0.717) is 29.0 Å². The van der Waals surface area contributed by atoms with Gasteiger partial charge < -0.3 is 10.1 Å². The van der Waals surface area contributed by atoms with Crippen molar-refractivity contribution in [3.05, 3.63) is 54.1 Å². The highest BCUT2D eigenvalue weighted by Gasteiger charge is 2.17. The van der Waals surface area contributed by atoms with Crippen molar-refractivity contribution in [2.24, 2.45) is 0 Å². The Morgan fingerprint density at radius 3 is 2.42 bits per heavy atom. The molecule has 0 spiro atoms. The topological polar surface area (TPSA) is 103 Å². The first kappa shape index (κ1) is 22.5. The first-order valence-electron chi connectivity index (χ1n) is 10.6. The van der Waals surface area contributed by atoms with Gasteiger partial charge in [-0.25, -0.2) is 19.9 Å². The van der Waals surface area contributed by atoms with Crippen LogP contribution in [0.5, 0.6) is 5.75 Å². The lowest BCUT2D eigenvalue weighted by Crippen LogP contribution is -2.04. The van der Waals surface area contributed by atoms with Crippen molar-refractivity contribution in [2.45, 2.75) is 34.1 Å². The van der Waals surface area contributed by atoms with E-state index < -0.39 is 0 Å². The molecule has 0 aliphatic heterocycles. The lowest BCUT2D eigenvalue weighted by molar-refractivity contribution is -0.114. The third-order valence-electron chi connectivity index (χ3n) is 4.79. The highest BCUT2D eigenvalue weighted by atomic mass is 32.1. The molecule has 9 heteroatoms. The number of amides is 1. The molecule has 0 saturated carbocycles. The number of nitrogens with one attached hydrogen (secondary N) is 1. The van der Waals surface area contributed by atoms with E-state index in [0.717, 1.165) is 39.4 Å². The van der Waals surface area contributed by atoms with Gasteiger partial charge in [0.25, 0.3) is 0 Å². The summed E-state index contributed by atoms with van der Waals surface area (Å²) >= 11 is 1.35. The van der Waals surface area contributed by atoms with Crippen LogP contribution in [0.3, 0.4) is 0 Å². The van der Waals surface area contributed by atoms with E-state index in [1.807, 2.05) is 32.0 Å². The summed E-state index contributed by atoms with van der Waals surface area (Å²) in [5, 5.41) is 3.23. The fraction of sp³-hybridized carbons (Fsp3) is 0.250. The molecule has 3 heterocycles. The molecular formula is C24H24N6O2S. The van der Waals surface area contributed by atoms with Crippen LogP contribution in [0, 0.1) is 13.8 Å². The van der Waals surface area contributed by atoms with Crippen LogP contribution >= 0.6 is 11.3 Å². The zero-order chi connectivity index (χ0) is 23.4. The summed E-state index contributed by atoms with van der Waals surface area (Å²) in [5.41, 5.74) is 5.16. The van der Waals surface area contributed by atoms with Gasteiger partial charge >= 0.3 is 0 Å². The van der Waals surface area contributed by atoms with E-state index in [2.05, 4.69) is 27.2 Å². The molecule has 0 radical (unpaired) electrons. The third kappa shape index (κ3) is 5.20. The second-order valence-electron chi connectivity index (χ2n) is 7.54. The van der Waals surface area contributed by atoms with Gasteiger partial charge in [-0.2, -0.15) is 0 Å². The van der Waals surface area contributed by atoms with E-state index >= 15 is 0 Å². The lowest BCUT2D eigenvalue weighted by Gasteiger charge is -2.14. The number of nitrogens with zero attached hydrogens (tertiary/aromatic N) is 5. The Morgan fingerprint density at radius 1 is 1.00 bits per heavy atom. The predicted octanol–water partition coefficient (Wildman–Crippen LogP) is 5.09. The maximum atomic E-state index is 11.4. The van der Waals surface area contributed by atoms with Crippen LogP contribution in [-0.4, -0.2) is 37.4 Å². The second-order valence-corrected chi connectivity index (χ2v) is 8.57. The smallest absolute Gasteiger partial charge is 0.223 e. The molecule has 0 bridgehead atoms. The Hall–Kier alpha value is -3.72. The quantitative estimate of drug-likeness (QED) is 0.410. The van der Waals surface area contributed by atoms with Crippen molar-refractivity contribution in [3.63, 3.8) is 0 Å². The number of thiazole rings is 1. The molecule has 0 saturated heterocycles. The predicted molar refractivity (Wildman–Crippen MR) is 129 cm³/mol. The fourth-order valence-electron chi connectivity index (χ4n) is 3.46. The summed E-state index contributed by atoms with van der Waals surface area (Å²) in [6.07, 6.45) is 7.51. The largest absolute Gasteiger partial charge is 0.494 e. The first-order valence-corrected chi connectivity index (χ1v) is 11.4. The summed E-state index contributed by atoms with van der Waals surface area (Å²) in [7, 11) is 0. The number of benzene rings is 1. The number of carbonyl (C=O) groups is 1. The summed E-state index contributed by atoms with van der Waals surface area (Å²) in [5.74, 6) is 1.15. The Balaban J connectivity index is 1.84. The van der Waals surface area contributed by atoms with Crippen molar-refractivity contribution in [1.29, 1.82) is 0 Å². The molecule has 4 rings (SSSR count). The standard InChI is InChI=1S/C24H24N6O2S/c1-5-8-32-17-9-14(2)22(15(3)10-17)19-11-18(21-13-27-24(33-21)28-16(4)31)29-23(30-19)20-12-25-6-7-26-20/h6-7,9-13H,5,8H2,1-4H3,(H,27,28,31). The van der Waals surface area contributed by atoms with Crippen molar-refractivity contribution in [2.75, 3.05) is 11.9 Å². The van der Waals surface area contributed by atoms with Gasteiger partial charge in [0.2, 0.25) is 5.91 Å². The average molecular weight is 461 g/mol. The molecule has 0 atom stereocenters. The van der Waals surface area contributed by atoms with Crippen molar-refractivity contribution < 1.29 is 9.53 Å². The minimum absolute atomic E-state index is 0.170. The lowest BCUT2D eigenvalue weighted by atomic mass is 9.98. The van der Waals surface area contributed by atoms with Crippen LogP contribution < -0.4 is 10.1 Å². The molecule has 0 aliphatic rings. The molecule has 4 aromatic rings. The fourth-order valence-corrected chi connectivity index (χ4v) is 4.29. The SMILES string of the molecule is CCCOc1cc(C)c(-c2cc(-c3cnc(NC(C)=O)s3)nc(-c3cnccn3)n2)c(C)c1. The van der Waals surface area contributed by atoms with Gasteiger partial charge in [0.15, 0.2) is 11.0 Å². The van der Waals surface area contributed by atoms with E-state index in [9.17, 15) is 4.79 Å². The van der Waals surface area contributed by atoms with Gasteiger partial charge in [-0.15, -0.1) is 0 Å². The molecule has 1 amide bonds. The Bertz CT molecular complexity index is 1270. The summed E-state index contributed by atoms with van der Waals surface area (Å²) < 4.78 is 5.84. The Labute approximate surface area is 196 Å². The number of ether oxygens (including phenoxy) is 1. The van der Waals surface area contributed by atoms with Gasteiger partial charge in [-0.1, -0.05) is 18.3 Å². The maximum Gasteiger partial charge on any atom is 0.223 e. The average Bonchev–Trinajstić information content (AvgIpc) is 3.25. The Kier molecular flexibility index (Phi) is 6.69. The van der Waals surface area contributed by atoms with Gasteiger partial charge in [0.05, 0.1) is 29.1 Å². The minimum atomic E-state index is -0.170. The van der Waals surface area contributed by atoms with Crippen LogP contribution in [0.25, 0.3) is 33.3 Å². The van der Waals surface area contributed by atoms with Crippen LogP contribution in [0.1, 0.15) is 31.4 Å². The number of rotatable bonds is 7. The first-order chi connectivity index (χ1) is 15.9. The van der Waals surface area contributed by atoms with Crippen molar-refractivity contribution in [1.82, 2.24) is 24.9 Å². The highest BCUT2D eigenvalue weighted by molar-refractivity contribution is 7.19. The Morgan fingerprint density at radius 2 is 1.76 bits per heavy atom. The van der Waals surface area contributed by atoms with Gasteiger partial charge in [0, 0.05) is 31.1 Å². The van der Waals surface area contributed by atoms with Crippen LogP contribution in [0.15, 0.2) is 43.0 Å². The molecule has 33 heavy (non-hydrogen) atoms. The van der Waals surface area contributed by atoms with Gasteiger partial charge in [0.1, 0.15) is 11.4 Å². The second kappa shape index (κ2) is 9.83. The third-order valence-corrected chi connectivity index (χ3v) is 5.73. The van der Waals surface area contributed by atoms with E-state index in [-0.39, 0.29) is 5.91 Å². The van der Waals surface area contributed by atoms with Crippen molar-refractivity contribution in [3.8, 4) is 39.1 Å². The molecule has 8 nitrogen and oxygen atoms in total. The number of hydrogen-bond donors (Lipinski definition) is 1. The molecular weight excluding hydrogens is 436 g/mol. The molecule has 0 aliphatic carbocycles. The van der Waals surface area contributed by atoms with E-state index in [1.165, 1.54) is 18.3 Å². The van der Waals surface area contributed by atoms with E-state index in [1.54, 1.807) is 24.8 Å². The number of anilines is 1. The molecule has 168 valence electrons. The molecule has 1 aromatic carbocycles. The highest BCUT2D eigenvalue weighted by Crippen LogP contribution is 2.35. The van der Waals surface area contributed by atoms with Gasteiger partial charge in [-0.3, -0.25) is 9.78 Å². The monoisotopic (exact) mass is 460 g/mol. The van der Waals surface area contributed by atoms with Crippen molar-refractivity contribution >= 4 is 22.4 Å². The number of aryl methyl sites for hydroxylation is 2. The molecule has 3 aromatic heterocycles. The van der Waals surface area contributed by atoms with Crippen LogP contribution in [0.2, 0.25) is 0 Å². The zero-order valence-electron chi connectivity index (χ0n) is 18.9. The summed E-state index contributed by atoms with van der Waals surface area (Å²) in [6, 6.07) is 6.00. The summed E-state index contributed by atoms with van der Waals surface area (Å²) in [4.78, 5) is 34.6. The molecule has 0 unspecified atom stereocenters. The number of carbonyl (C=O) groups excluding carboxylic acids is 1. The summed E-state index contributed by atoms with van der Waals surface area (Å²) in [6.45, 7) is 8.31. The molecule has 1 N–H and O–H groups in total. The van der Waals surface area contributed by atoms with Crippen LogP contribution in [0.4, 0.5) is 5.13 Å². The number of aromatic nitrogens is 5. The minimum Gasteiger partial charge on any atom is -0.494 e. The number of hydrogen-bond acceptors (Lipinski definition) is 8. The van der Waals surface area contributed by atoms with Gasteiger partial charge in [-0.05, 0) is 49.6 Å².